The number of aromatic nitrogens is 2. The highest BCUT2D eigenvalue weighted by molar-refractivity contribution is 5.78. The zero-order valence-electron chi connectivity index (χ0n) is 13.7. The smallest absolute Gasteiger partial charge is 0.416 e. The molecule has 0 saturated carbocycles. The Labute approximate surface area is 146 Å². The molecule has 8 heteroatoms. The van der Waals surface area contributed by atoms with Crippen molar-refractivity contribution >= 4 is 17.0 Å². The van der Waals surface area contributed by atoms with Crippen LogP contribution in [0.2, 0.25) is 0 Å². The highest BCUT2D eigenvalue weighted by Crippen LogP contribution is 2.31. The third kappa shape index (κ3) is 3.49. The molecule has 2 aromatic carbocycles. The van der Waals surface area contributed by atoms with Gasteiger partial charge in [-0.15, -0.1) is 0 Å². The van der Waals surface area contributed by atoms with E-state index in [0.29, 0.717) is 23.4 Å². The van der Waals surface area contributed by atoms with Crippen LogP contribution in [0, 0.1) is 0 Å². The number of hydrogen-bond donors (Lipinski definition) is 1. The Morgan fingerprint density at radius 2 is 1.92 bits per heavy atom. The SMILES string of the molecule is CCC(Oc1ccc(-n2cnc3cc(C(F)(F)F)ccc32)cc1)C(=O)O. The molecule has 1 heterocycles. The van der Waals surface area contributed by atoms with Gasteiger partial charge in [0.05, 0.1) is 16.6 Å². The number of halogens is 3. The van der Waals surface area contributed by atoms with Crippen LogP contribution >= 0.6 is 0 Å². The Bertz CT molecular complexity index is 933. The van der Waals surface area contributed by atoms with Crippen LogP contribution in [0.1, 0.15) is 18.9 Å². The van der Waals surface area contributed by atoms with Gasteiger partial charge >= 0.3 is 12.1 Å². The van der Waals surface area contributed by atoms with Crippen LogP contribution in [-0.2, 0) is 11.0 Å². The molecule has 136 valence electrons. The van der Waals surface area contributed by atoms with Crippen molar-refractivity contribution in [3.05, 3.63) is 54.4 Å². The number of alkyl halides is 3. The van der Waals surface area contributed by atoms with Crippen LogP contribution in [-0.4, -0.2) is 26.7 Å². The van der Waals surface area contributed by atoms with Gasteiger partial charge in [0.15, 0.2) is 6.10 Å². The number of imidazole rings is 1. The maximum atomic E-state index is 12.8. The highest BCUT2D eigenvalue weighted by atomic mass is 19.4. The number of benzene rings is 2. The van der Waals surface area contributed by atoms with Crippen molar-refractivity contribution in [2.24, 2.45) is 0 Å². The molecule has 0 radical (unpaired) electrons. The lowest BCUT2D eigenvalue weighted by Crippen LogP contribution is -2.25. The lowest BCUT2D eigenvalue weighted by atomic mass is 10.2. The predicted octanol–water partition coefficient (Wildman–Crippen LogP) is 4.29. The van der Waals surface area contributed by atoms with Crippen LogP contribution in [0.25, 0.3) is 16.7 Å². The van der Waals surface area contributed by atoms with Gasteiger partial charge in [-0.2, -0.15) is 13.2 Å². The molecule has 1 unspecified atom stereocenters. The van der Waals surface area contributed by atoms with E-state index in [1.54, 1.807) is 35.8 Å². The van der Waals surface area contributed by atoms with Crippen molar-refractivity contribution in [1.82, 2.24) is 9.55 Å². The number of aliphatic carboxylic acids is 1. The number of fused-ring (bicyclic) bond motifs is 1. The number of carboxylic acids is 1. The minimum Gasteiger partial charge on any atom is -0.479 e. The summed E-state index contributed by atoms with van der Waals surface area (Å²) >= 11 is 0. The van der Waals surface area contributed by atoms with Gasteiger partial charge in [0, 0.05) is 5.69 Å². The Kier molecular flexibility index (Phi) is 4.58. The Morgan fingerprint density at radius 3 is 2.50 bits per heavy atom. The fourth-order valence-electron chi connectivity index (χ4n) is 2.55. The van der Waals surface area contributed by atoms with Crippen LogP contribution in [0.3, 0.4) is 0 Å². The van der Waals surface area contributed by atoms with Gasteiger partial charge in [0.2, 0.25) is 0 Å². The third-order valence-corrected chi connectivity index (χ3v) is 3.91. The second-order valence-electron chi connectivity index (χ2n) is 5.66. The first-order valence-electron chi connectivity index (χ1n) is 7.84. The first kappa shape index (κ1) is 17.8. The molecule has 0 fully saturated rings. The molecule has 0 saturated heterocycles. The summed E-state index contributed by atoms with van der Waals surface area (Å²) in [7, 11) is 0. The molecule has 1 N–H and O–H groups in total. The average Bonchev–Trinajstić information content (AvgIpc) is 3.02. The molecular formula is C18H15F3N2O3. The summed E-state index contributed by atoms with van der Waals surface area (Å²) in [5.41, 5.74) is 0.682. The van der Waals surface area contributed by atoms with E-state index in [1.807, 2.05) is 0 Å². The molecule has 3 aromatic rings. The third-order valence-electron chi connectivity index (χ3n) is 3.91. The number of rotatable bonds is 5. The molecule has 1 atom stereocenters. The average molecular weight is 364 g/mol. The van der Waals surface area contributed by atoms with Crippen LogP contribution in [0.5, 0.6) is 5.75 Å². The minimum absolute atomic E-state index is 0.233. The molecule has 3 rings (SSSR count). The monoisotopic (exact) mass is 364 g/mol. The maximum absolute atomic E-state index is 12.8. The number of nitrogens with zero attached hydrogens (tertiary/aromatic N) is 2. The first-order valence-corrected chi connectivity index (χ1v) is 7.84. The number of carboxylic acid groups (broad SMARTS) is 1. The molecule has 0 amide bonds. The zero-order chi connectivity index (χ0) is 18.9. The second kappa shape index (κ2) is 6.70. The van der Waals surface area contributed by atoms with Crippen molar-refractivity contribution in [1.29, 1.82) is 0 Å². The molecule has 5 nitrogen and oxygen atoms in total. The Hall–Kier alpha value is -3.03. The summed E-state index contributed by atoms with van der Waals surface area (Å²) in [4.78, 5) is 15.0. The van der Waals surface area contributed by atoms with Gasteiger partial charge in [0.1, 0.15) is 12.1 Å². The summed E-state index contributed by atoms with van der Waals surface area (Å²) in [6, 6.07) is 9.96. The fourth-order valence-corrected chi connectivity index (χ4v) is 2.55. The minimum atomic E-state index is -4.42. The summed E-state index contributed by atoms with van der Waals surface area (Å²) in [6.07, 6.45) is -3.59. The predicted molar refractivity (Wildman–Crippen MR) is 88.4 cm³/mol. The molecule has 0 aliphatic heterocycles. The summed E-state index contributed by atoms with van der Waals surface area (Å²) < 4.78 is 45.4. The lowest BCUT2D eigenvalue weighted by Gasteiger charge is -2.13. The van der Waals surface area contributed by atoms with Gasteiger partial charge in [-0.1, -0.05) is 6.92 Å². The molecular weight excluding hydrogens is 349 g/mol. The van der Waals surface area contributed by atoms with Gasteiger partial charge in [-0.25, -0.2) is 9.78 Å². The maximum Gasteiger partial charge on any atom is 0.416 e. The largest absolute Gasteiger partial charge is 0.479 e. The van der Waals surface area contributed by atoms with Crippen LogP contribution < -0.4 is 4.74 Å². The van der Waals surface area contributed by atoms with Crippen molar-refractivity contribution in [2.45, 2.75) is 25.6 Å². The summed E-state index contributed by atoms with van der Waals surface area (Å²) in [5, 5.41) is 9.02. The molecule has 0 aliphatic carbocycles. The molecule has 0 bridgehead atoms. The van der Waals surface area contributed by atoms with E-state index < -0.39 is 23.8 Å². The van der Waals surface area contributed by atoms with Gasteiger partial charge in [-0.05, 0) is 48.9 Å². The topological polar surface area (TPSA) is 64.4 Å². The summed E-state index contributed by atoms with van der Waals surface area (Å²) in [5.74, 6) is -0.649. The first-order chi connectivity index (χ1) is 12.3. The molecule has 26 heavy (non-hydrogen) atoms. The second-order valence-corrected chi connectivity index (χ2v) is 5.66. The van der Waals surface area contributed by atoms with Crippen molar-refractivity contribution in [2.75, 3.05) is 0 Å². The van der Waals surface area contributed by atoms with Crippen molar-refractivity contribution in [3.8, 4) is 11.4 Å². The number of carbonyl (C=O) groups is 1. The van der Waals surface area contributed by atoms with Crippen molar-refractivity contribution < 1.29 is 27.8 Å². The van der Waals surface area contributed by atoms with Crippen molar-refractivity contribution in [3.63, 3.8) is 0 Å². The standard InChI is InChI=1S/C18H15F3N2O3/c1-2-16(17(24)25)26-13-6-4-12(5-7-13)23-10-22-14-9-11(18(19,20)21)3-8-15(14)23/h3-10,16H,2H2,1H3,(H,24,25). The van der Waals surface area contributed by atoms with E-state index in [4.69, 9.17) is 9.84 Å². The molecule has 0 aliphatic rings. The number of hydrogen-bond acceptors (Lipinski definition) is 3. The van der Waals surface area contributed by atoms with E-state index in [-0.39, 0.29) is 5.52 Å². The zero-order valence-corrected chi connectivity index (χ0v) is 13.7. The lowest BCUT2D eigenvalue weighted by molar-refractivity contribution is -0.145. The van der Waals surface area contributed by atoms with E-state index >= 15 is 0 Å². The quantitative estimate of drug-likeness (QED) is 0.734. The van der Waals surface area contributed by atoms with Gasteiger partial charge < -0.3 is 9.84 Å². The Morgan fingerprint density at radius 1 is 1.23 bits per heavy atom. The van der Waals surface area contributed by atoms with Gasteiger partial charge in [0.25, 0.3) is 0 Å². The Balaban J connectivity index is 1.89. The van der Waals surface area contributed by atoms with Crippen LogP contribution in [0.4, 0.5) is 13.2 Å². The van der Waals surface area contributed by atoms with E-state index in [1.165, 1.54) is 12.4 Å². The number of ether oxygens (including phenoxy) is 1. The molecule has 1 aromatic heterocycles. The normalized spacial score (nSPS) is 12.9. The van der Waals surface area contributed by atoms with Gasteiger partial charge in [-0.3, -0.25) is 4.57 Å². The fraction of sp³-hybridized carbons (Fsp3) is 0.222. The van der Waals surface area contributed by atoms with E-state index in [0.717, 1.165) is 12.1 Å². The highest BCUT2D eigenvalue weighted by Gasteiger charge is 2.30. The van der Waals surface area contributed by atoms with E-state index in [9.17, 15) is 18.0 Å². The summed E-state index contributed by atoms with van der Waals surface area (Å²) in [6.45, 7) is 1.71. The van der Waals surface area contributed by atoms with Crippen LogP contribution in [0.15, 0.2) is 48.8 Å². The van der Waals surface area contributed by atoms with E-state index in [2.05, 4.69) is 4.98 Å². The molecule has 0 spiro atoms.